The average molecular weight is 461 g/mol. The second kappa shape index (κ2) is 16.5. The van der Waals surface area contributed by atoms with Crippen LogP contribution in [0, 0.1) is 5.92 Å². The molecule has 188 valence electrons. The van der Waals surface area contributed by atoms with Crippen molar-refractivity contribution in [3.8, 4) is 0 Å². The molecule has 0 saturated carbocycles. The number of carbonyl (C=O) groups is 1. The van der Waals surface area contributed by atoms with Gasteiger partial charge in [0.05, 0.1) is 6.67 Å². The first-order valence-corrected chi connectivity index (χ1v) is 12.4. The molecule has 1 saturated heterocycles. The van der Waals surface area contributed by atoms with Crippen LogP contribution in [0.3, 0.4) is 0 Å². The standard InChI is InChI=1S/C26H48N6O/c1-21(2)9-6-10-22(3)11-7-12-23(4)13-14-25(33)29-17-15-24-19-32(20-31(24)5)18-8-16-30-26(27)28/h9,11,13-14,23-24H,6-8,10,12,15-20H2,1-5H3,(H,29,33)(H4,27,28,30)/t23-,24?/m0/s1. The molecule has 1 aliphatic rings. The summed E-state index contributed by atoms with van der Waals surface area (Å²) in [6, 6.07) is 0.461. The van der Waals surface area contributed by atoms with Crippen LogP contribution in [0.4, 0.5) is 0 Å². The lowest BCUT2D eigenvalue weighted by Crippen LogP contribution is -2.32. The molecule has 7 heteroatoms. The number of allylic oxidation sites excluding steroid dienone is 5. The van der Waals surface area contributed by atoms with Gasteiger partial charge in [-0.3, -0.25) is 19.6 Å². The minimum Gasteiger partial charge on any atom is -0.370 e. The van der Waals surface area contributed by atoms with E-state index in [1.165, 1.54) is 11.1 Å². The summed E-state index contributed by atoms with van der Waals surface area (Å²) in [5.74, 6) is 0.555. The lowest BCUT2D eigenvalue weighted by atomic mass is 10.0. The molecule has 1 heterocycles. The Kier molecular flexibility index (Phi) is 14.4. The molecule has 0 bridgehead atoms. The molecule has 7 nitrogen and oxygen atoms in total. The number of carbonyl (C=O) groups excluding carboxylic acids is 1. The molecule has 0 aromatic carbocycles. The van der Waals surface area contributed by atoms with E-state index in [0.29, 0.717) is 25.0 Å². The van der Waals surface area contributed by atoms with Crippen LogP contribution < -0.4 is 16.8 Å². The van der Waals surface area contributed by atoms with Gasteiger partial charge in [0.2, 0.25) is 5.91 Å². The minimum atomic E-state index is 0.00466. The third kappa shape index (κ3) is 14.6. The Balaban J connectivity index is 2.20. The van der Waals surface area contributed by atoms with Gasteiger partial charge in [0.25, 0.3) is 0 Å². The molecular weight excluding hydrogens is 412 g/mol. The zero-order valence-electron chi connectivity index (χ0n) is 21.6. The number of likely N-dealkylation sites (N-methyl/N-ethyl adjacent to an activating group) is 1. The Labute approximate surface area is 202 Å². The highest BCUT2D eigenvalue weighted by Gasteiger charge is 2.26. The lowest BCUT2D eigenvalue weighted by Gasteiger charge is -2.17. The fourth-order valence-corrected chi connectivity index (χ4v) is 3.95. The van der Waals surface area contributed by atoms with Gasteiger partial charge in [-0.1, -0.05) is 36.3 Å². The van der Waals surface area contributed by atoms with E-state index in [-0.39, 0.29) is 11.9 Å². The predicted octanol–water partition coefficient (Wildman–Crippen LogP) is 3.39. The highest BCUT2D eigenvalue weighted by atomic mass is 16.1. The third-order valence-corrected chi connectivity index (χ3v) is 6.00. The van der Waals surface area contributed by atoms with E-state index < -0.39 is 0 Å². The SMILES string of the molecule is CC(C)=CCCC(C)=CCC[C@H](C)C=CC(=O)NCCC1CN(CCCN=C(N)N)CN1C. The predicted molar refractivity (Wildman–Crippen MR) is 141 cm³/mol. The zero-order chi connectivity index (χ0) is 24.6. The summed E-state index contributed by atoms with van der Waals surface area (Å²) in [6.45, 7) is 13.0. The quantitative estimate of drug-likeness (QED) is 0.114. The van der Waals surface area contributed by atoms with Crippen molar-refractivity contribution in [2.24, 2.45) is 22.4 Å². The van der Waals surface area contributed by atoms with Crippen molar-refractivity contribution in [3.63, 3.8) is 0 Å². The van der Waals surface area contributed by atoms with Crippen molar-refractivity contribution in [2.75, 3.05) is 39.9 Å². The number of nitrogens with two attached hydrogens (primary N) is 2. The number of nitrogens with zero attached hydrogens (tertiary/aromatic N) is 3. The molecule has 2 atom stereocenters. The molecule has 0 aromatic heterocycles. The van der Waals surface area contributed by atoms with Crippen LogP contribution in [0.5, 0.6) is 0 Å². The van der Waals surface area contributed by atoms with Crippen molar-refractivity contribution in [2.45, 2.75) is 72.3 Å². The smallest absolute Gasteiger partial charge is 0.243 e. The summed E-state index contributed by atoms with van der Waals surface area (Å²) >= 11 is 0. The van der Waals surface area contributed by atoms with Gasteiger partial charge in [0.1, 0.15) is 0 Å². The van der Waals surface area contributed by atoms with E-state index in [1.807, 2.05) is 6.08 Å². The van der Waals surface area contributed by atoms with E-state index >= 15 is 0 Å². The van der Waals surface area contributed by atoms with Gasteiger partial charge in [-0.2, -0.15) is 0 Å². The van der Waals surface area contributed by atoms with Crippen molar-refractivity contribution < 1.29 is 4.79 Å². The number of rotatable bonds is 15. The number of aliphatic imine (C=N–C) groups is 1. The van der Waals surface area contributed by atoms with Gasteiger partial charge in [-0.15, -0.1) is 0 Å². The first kappa shape index (κ1) is 28.9. The van der Waals surface area contributed by atoms with Gasteiger partial charge in [-0.05, 0) is 78.3 Å². The normalized spacial score (nSPS) is 18.5. The topological polar surface area (TPSA) is 100.0 Å². The second-order valence-corrected chi connectivity index (χ2v) is 9.65. The minimum absolute atomic E-state index is 0.00466. The first-order chi connectivity index (χ1) is 15.7. The Bertz CT molecular complexity index is 689. The molecule has 0 spiro atoms. The van der Waals surface area contributed by atoms with E-state index in [4.69, 9.17) is 11.5 Å². The Morgan fingerprint density at radius 2 is 1.97 bits per heavy atom. The number of nitrogens with one attached hydrogen (secondary N) is 1. The largest absolute Gasteiger partial charge is 0.370 e. The van der Waals surface area contributed by atoms with E-state index in [2.05, 4.69) is 67.0 Å². The van der Waals surface area contributed by atoms with Gasteiger partial charge >= 0.3 is 0 Å². The van der Waals surface area contributed by atoms with Gasteiger partial charge in [0, 0.05) is 32.2 Å². The average Bonchev–Trinajstić information content (AvgIpc) is 3.08. The number of guanidine groups is 1. The summed E-state index contributed by atoms with van der Waals surface area (Å²) in [5.41, 5.74) is 13.6. The van der Waals surface area contributed by atoms with Crippen molar-refractivity contribution in [1.82, 2.24) is 15.1 Å². The zero-order valence-corrected chi connectivity index (χ0v) is 21.6. The van der Waals surface area contributed by atoms with Gasteiger partial charge in [-0.25, -0.2) is 0 Å². The van der Waals surface area contributed by atoms with Crippen LogP contribution >= 0.6 is 0 Å². The van der Waals surface area contributed by atoms with Crippen LogP contribution in [0.2, 0.25) is 0 Å². The van der Waals surface area contributed by atoms with Crippen LogP contribution in [-0.2, 0) is 4.79 Å². The maximum absolute atomic E-state index is 12.2. The third-order valence-electron chi connectivity index (χ3n) is 6.00. The van der Waals surface area contributed by atoms with Crippen molar-refractivity contribution in [3.05, 3.63) is 35.5 Å². The van der Waals surface area contributed by atoms with E-state index in [0.717, 1.165) is 58.3 Å². The second-order valence-electron chi connectivity index (χ2n) is 9.65. The van der Waals surface area contributed by atoms with Gasteiger partial charge < -0.3 is 16.8 Å². The molecule has 1 unspecified atom stereocenters. The highest BCUT2D eigenvalue weighted by molar-refractivity contribution is 5.87. The van der Waals surface area contributed by atoms with Crippen LogP contribution in [0.15, 0.2) is 40.4 Å². The summed E-state index contributed by atoms with van der Waals surface area (Å²) in [5, 5.41) is 3.04. The number of hydrogen-bond acceptors (Lipinski definition) is 4. The molecule has 1 fully saturated rings. The Morgan fingerprint density at radius 1 is 1.21 bits per heavy atom. The highest BCUT2D eigenvalue weighted by Crippen LogP contribution is 2.14. The summed E-state index contributed by atoms with van der Waals surface area (Å²) in [4.78, 5) is 21.0. The first-order valence-electron chi connectivity index (χ1n) is 12.4. The van der Waals surface area contributed by atoms with Crippen LogP contribution in [0.1, 0.15) is 66.2 Å². The summed E-state index contributed by atoms with van der Waals surface area (Å²) < 4.78 is 0. The molecule has 0 radical (unpaired) electrons. The van der Waals surface area contributed by atoms with Crippen molar-refractivity contribution >= 4 is 11.9 Å². The molecule has 5 N–H and O–H groups in total. The van der Waals surface area contributed by atoms with Crippen LogP contribution in [-0.4, -0.2) is 67.6 Å². The van der Waals surface area contributed by atoms with Gasteiger partial charge in [0.15, 0.2) is 5.96 Å². The lowest BCUT2D eigenvalue weighted by molar-refractivity contribution is -0.116. The maximum Gasteiger partial charge on any atom is 0.243 e. The molecule has 0 aliphatic carbocycles. The number of hydrogen-bond donors (Lipinski definition) is 3. The van der Waals surface area contributed by atoms with Crippen molar-refractivity contribution in [1.29, 1.82) is 0 Å². The summed E-state index contributed by atoms with van der Waals surface area (Å²) in [7, 11) is 2.14. The molecule has 1 aliphatic heterocycles. The molecule has 1 rings (SSSR count). The Hall–Kier alpha value is -2.12. The number of amides is 1. The fourth-order valence-electron chi connectivity index (χ4n) is 3.95. The molecular formula is C26H48N6O. The maximum atomic E-state index is 12.2. The van der Waals surface area contributed by atoms with E-state index in [1.54, 1.807) is 6.08 Å². The molecule has 0 aromatic rings. The molecule has 33 heavy (non-hydrogen) atoms. The molecule has 1 amide bonds. The summed E-state index contributed by atoms with van der Waals surface area (Å²) in [6.07, 6.45) is 14.6. The Morgan fingerprint density at radius 3 is 2.67 bits per heavy atom. The van der Waals surface area contributed by atoms with Crippen LogP contribution in [0.25, 0.3) is 0 Å². The fraction of sp³-hybridized carbons (Fsp3) is 0.692. The van der Waals surface area contributed by atoms with E-state index in [9.17, 15) is 4.79 Å². The monoisotopic (exact) mass is 460 g/mol.